The number of aromatic nitrogens is 6. The first-order valence-electron chi connectivity index (χ1n) is 15.9. The maximum atomic E-state index is 12.6. The summed E-state index contributed by atoms with van der Waals surface area (Å²) in [6.07, 6.45) is 12.7. The number of nitrogens with zero attached hydrogens (tertiary/aromatic N) is 7. The molecule has 4 aromatic rings. The summed E-state index contributed by atoms with van der Waals surface area (Å²) < 4.78 is 31.7. The van der Waals surface area contributed by atoms with Gasteiger partial charge in [0.25, 0.3) is 10.0 Å². The largest absolute Gasteiger partial charge is 0.390 e. The Labute approximate surface area is 268 Å². The van der Waals surface area contributed by atoms with Crippen molar-refractivity contribution in [2.75, 3.05) is 36.9 Å². The van der Waals surface area contributed by atoms with Crippen molar-refractivity contribution in [1.29, 1.82) is 0 Å². The lowest BCUT2D eigenvalue weighted by Gasteiger charge is -2.34. The summed E-state index contributed by atoms with van der Waals surface area (Å²) in [5.41, 5.74) is 3.66. The molecule has 0 radical (unpaired) electrons. The topological polar surface area (TPSA) is 160 Å². The summed E-state index contributed by atoms with van der Waals surface area (Å²) in [6.45, 7) is 6.04. The van der Waals surface area contributed by atoms with Crippen LogP contribution in [0.4, 0.5) is 17.3 Å². The molecule has 0 bridgehead atoms. The van der Waals surface area contributed by atoms with E-state index in [1.54, 1.807) is 12.3 Å². The molecule has 242 valence electrons. The molecule has 2 aliphatic carbocycles. The number of pyridine rings is 2. The second-order valence-corrected chi connectivity index (χ2v) is 14.8. The van der Waals surface area contributed by atoms with E-state index in [4.69, 9.17) is 14.7 Å². The van der Waals surface area contributed by atoms with Gasteiger partial charge in [0.1, 0.15) is 11.6 Å². The summed E-state index contributed by atoms with van der Waals surface area (Å²) in [5.74, 6) is 1.44. The smallest absolute Gasteiger partial charge is 0.256 e. The zero-order chi connectivity index (χ0) is 31.7. The van der Waals surface area contributed by atoms with Crippen LogP contribution in [0.1, 0.15) is 51.0 Å². The second kappa shape index (κ2) is 12.7. The Morgan fingerprint density at radius 3 is 2.57 bits per heavy atom. The number of anilines is 3. The zero-order valence-corrected chi connectivity index (χ0v) is 26.7. The van der Waals surface area contributed by atoms with E-state index in [2.05, 4.69) is 42.7 Å². The van der Waals surface area contributed by atoms with Crippen LogP contribution in [0.5, 0.6) is 0 Å². The molecule has 0 amide bonds. The third kappa shape index (κ3) is 7.04. The van der Waals surface area contributed by atoms with Crippen molar-refractivity contribution in [1.82, 2.24) is 34.0 Å². The van der Waals surface area contributed by atoms with E-state index in [1.165, 1.54) is 18.0 Å². The van der Waals surface area contributed by atoms with E-state index in [9.17, 15) is 13.5 Å². The van der Waals surface area contributed by atoms with E-state index < -0.39 is 15.6 Å². The highest BCUT2D eigenvalue weighted by Crippen LogP contribution is 2.35. The summed E-state index contributed by atoms with van der Waals surface area (Å²) >= 11 is 0. The molecule has 4 aromatic heterocycles. The van der Waals surface area contributed by atoms with Crippen molar-refractivity contribution in [2.45, 2.75) is 68.9 Å². The molecule has 0 spiro atoms. The predicted molar refractivity (Wildman–Crippen MR) is 174 cm³/mol. The highest BCUT2D eigenvalue weighted by molar-refractivity contribution is 7.90. The minimum atomic E-state index is -3.48. The third-order valence-corrected chi connectivity index (χ3v) is 10.9. The fourth-order valence-electron chi connectivity index (χ4n) is 5.97. The monoisotopic (exact) mass is 645 g/mol. The van der Waals surface area contributed by atoms with E-state index in [0.717, 1.165) is 79.6 Å². The molecule has 0 atom stereocenters. The summed E-state index contributed by atoms with van der Waals surface area (Å²) in [6, 6.07) is 8.06. The molecule has 5 heterocycles. The highest BCUT2D eigenvalue weighted by Gasteiger charge is 2.37. The molecule has 1 aliphatic heterocycles. The van der Waals surface area contributed by atoms with Crippen molar-refractivity contribution in [3.8, 4) is 22.6 Å². The number of hydrogen-bond acceptors (Lipinski definition) is 12. The van der Waals surface area contributed by atoms with Crippen LogP contribution in [0.25, 0.3) is 22.6 Å². The van der Waals surface area contributed by atoms with Crippen molar-refractivity contribution < 1.29 is 18.3 Å². The van der Waals surface area contributed by atoms with E-state index in [0.29, 0.717) is 35.9 Å². The van der Waals surface area contributed by atoms with E-state index in [1.807, 2.05) is 25.4 Å². The Morgan fingerprint density at radius 1 is 1.00 bits per heavy atom. The van der Waals surface area contributed by atoms with Gasteiger partial charge in [-0.2, -0.15) is 9.19 Å². The maximum absolute atomic E-state index is 12.6. The molecule has 14 heteroatoms. The molecule has 3 fully saturated rings. The Hall–Kier alpha value is -3.98. The molecule has 3 N–H and O–H groups in total. The van der Waals surface area contributed by atoms with Crippen LogP contribution in [-0.2, 0) is 21.3 Å². The quantitative estimate of drug-likeness (QED) is 0.229. The predicted octanol–water partition coefficient (Wildman–Crippen LogP) is 3.82. The van der Waals surface area contributed by atoms with Gasteiger partial charge in [0.2, 0.25) is 0 Å². The van der Waals surface area contributed by atoms with Crippen molar-refractivity contribution in [3.05, 3.63) is 60.8 Å². The van der Waals surface area contributed by atoms with Gasteiger partial charge < -0.3 is 20.5 Å². The van der Waals surface area contributed by atoms with Crippen LogP contribution in [0.3, 0.4) is 0 Å². The van der Waals surface area contributed by atoms with Gasteiger partial charge in [0.15, 0.2) is 5.82 Å². The van der Waals surface area contributed by atoms with Gasteiger partial charge in [0.05, 0.1) is 47.7 Å². The lowest BCUT2D eigenvalue weighted by Crippen LogP contribution is -2.35. The van der Waals surface area contributed by atoms with Gasteiger partial charge in [-0.25, -0.2) is 23.4 Å². The van der Waals surface area contributed by atoms with Crippen molar-refractivity contribution in [3.63, 3.8) is 0 Å². The number of morpholine rings is 1. The van der Waals surface area contributed by atoms with Gasteiger partial charge in [-0.3, -0.25) is 9.88 Å². The highest BCUT2D eigenvalue weighted by atomic mass is 32.2. The molecule has 0 unspecified atom stereocenters. The standard InChI is InChI=1S/C32H39N9O4S/c1-32(42)8-4-24(5-9-32)37-28-17-30(35-19-26(28)27-16-22(6-10-33-27)20-40-12-14-45-15-13-40)38-29-7-11-34-31(39-29)23-18-36-41(21-23)46(43,44)25-2-3-25/h6-7,10-11,16-19,21,24-25,42H,2-5,8-9,12-15,20H2,1H3,(H2,34,35,37,38,39). The van der Waals surface area contributed by atoms with Crippen LogP contribution < -0.4 is 10.6 Å². The lowest BCUT2D eigenvalue weighted by atomic mass is 9.83. The van der Waals surface area contributed by atoms with Gasteiger partial charge in [-0.05, 0) is 69.2 Å². The van der Waals surface area contributed by atoms with Crippen LogP contribution in [0, 0.1) is 0 Å². The molecule has 3 aliphatic rings. The third-order valence-electron chi connectivity index (χ3n) is 8.87. The average Bonchev–Trinajstić information content (AvgIpc) is 3.80. The van der Waals surface area contributed by atoms with Crippen LogP contribution in [0.15, 0.2) is 55.2 Å². The van der Waals surface area contributed by atoms with Crippen molar-refractivity contribution >= 4 is 27.3 Å². The Morgan fingerprint density at radius 2 is 1.78 bits per heavy atom. The Balaban J connectivity index is 1.14. The molecule has 7 rings (SSSR count). The molecule has 2 saturated carbocycles. The van der Waals surface area contributed by atoms with Crippen LogP contribution in [-0.4, -0.2) is 90.7 Å². The van der Waals surface area contributed by atoms with Gasteiger partial charge >= 0.3 is 0 Å². The molecular weight excluding hydrogens is 606 g/mol. The minimum absolute atomic E-state index is 0.194. The lowest BCUT2D eigenvalue weighted by molar-refractivity contribution is 0.0196. The summed E-state index contributed by atoms with van der Waals surface area (Å²) in [4.78, 5) is 20.8. The van der Waals surface area contributed by atoms with E-state index >= 15 is 0 Å². The van der Waals surface area contributed by atoms with Gasteiger partial charge in [-0.1, -0.05) is 0 Å². The SMILES string of the molecule is CC1(O)CCC(Nc2cc(Nc3ccnc(-c4cnn(S(=O)(=O)C5CC5)c4)n3)ncc2-c2cc(CN3CCOCC3)ccn2)CC1. The Bertz CT molecular complexity index is 1790. The zero-order valence-electron chi connectivity index (χ0n) is 25.8. The summed E-state index contributed by atoms with van der Waals surface area (Å²) in [5, 5.41) is 21.2. The number of hydrogen-bond donors (Lipinski definition) is 3. The number of nitrogens with one attached hydrogen (secondary N) is 2. The number of ether oxygens (including phenoxy) is 1. The first kappa shape index (κ1) is 30.7. The second-order valence-electron chi connectivity index (χ2n) is 12.7. The number of rotatable bonds is 10. The number of aliphatic hydroxyl groups is 1. The molecule has 46 heavy (non-hydrogen) atoms. The maximum Gasteiger partial charge on any atom is 0.256 e. The molecule has 1 saturated heterocycles. The average molecular weight is 646 g/mol. The van der Waals surface area contributed by atoms with Gasteiger partial charge in [0, 0.05) is 61.6 Å². The Kier molecular flexibility index (Phi) is 8.44. The molecule has 0 aromatic carbocycles. The normalized spacial score (nSPS) is 22.4. The molecule has 13 nitrogen and oxygen atoms in total. The van der Waals surface area contributed by atoms with Crippen LogP contribution >= 0.6 is 0 Å². The first-order valence-corrected chi connectivity index (χ1v) is 17.4. The molecular formula is C32H39N9O4S. The fraction of sp³-hybridized carbons (Fsp3) is 0.469. The van der Waals surface area contributed by atoms with Crippen LogP contribution in [0.2, 0.25) is 0 Å². The van der Waals surface area contributed by atoms with E-state index in [-0.39, 0.29) is 11.3 Å². The first-order chi connectivity index (χ1) is 22.2. The summed E-state index contributed by atoms with van der Waals surface area (Å²) in [7, 11) is -3.48. The minimum Gasteiger partial charge on any atom is -0.390 e. The fourth-order valence-corrected chi connectivity index (χ4v) is 7.44. The van der Waals surface area contributed by atoms with Crippen molar-refractivity contribution in [2.24, 2.45) is 0 Å². The van der Waals surface area contributed by atoms with Gasteiger partial charge in [-0.15, -0.1) is 0 Å².